The van der Waals surface area contributed by atoms with Crippen molar-refractivity contribution >= 4 is 40.5 Å². The zero-order valence-corrected chi connectivity index (χ0v) is 15.2. The third-order valence-electron chi connectivity index (χ3n) is 4.05. The molecule has 1 aromatic heterocycles. The summed E-state index contributed by atoms with van der Waals surface area (Å²) in [7, 11) is 0. The van der Waals surface area contributed by atoms with Crippen LogP contribution >= 0.6 is 23.2 Å². The van der Waals surface area contributed by atoms with E-state index < -0.39 is 0 Å². The molecule has 0 radical (unpaired) electrons. The fourth-order valence-corrected chi connectivity index (χ4v) is 3.32. The summed E-state index contributed by atoms with van der Waals surface area (Å²) in [5.74, 6) is 0.121. The Hall–Kier alpha value is -1.82. The molecule has 0 saturated carbocycles. The number of carbonyl (C=O) groups is 1. The Morgan fingerprint density at radius 2 is 1.72 bits per heavy atom. The minimum absolute atomic E-state index is 0.121. The normalized spacial score (nSPS) is 14.4. The third kappa shape index (κ3) is 4.84. The molecule has 5 nitrogen and oxygen atoms in total. The van der Waals surface area contributed by atoms with Gasteiger partial charge < -0.3 is 14.5 Å². The number of rotatable bonds is 5. The van der Waals surface area contributed by atoms with Crippen LogP contribution in [0, 0.1) is 0 Å². The molecule has 0 N–H and O–H groups in total. The minimum Gasteiger partial charge on any atom is -0.378 e. The number of amides is 1. The first-order valence-electron chi connectivity index (χ1n) is 8.12. The smallest absolute Gasteiger partial charge is 0.224 e. The summed E-state index contributed by atoms with van der Waals surface area (Å²) < 4.78 is 5.30. The molecular weight excluding hydrogens is 361 g/mol. The number of anilines is 2. The first kappa shape index (κ1) is 18.0. The van der Waals surface area contributed by atoms with Crippen LogP contribution in [0.1, 0.15) is 6.42 Å². The quantitative estimate of drug-likeness (QED) is 0.792. The van der Waals surface area contributed by atoms with E-state index in [0.717, 1.165) is 11.4 Å². The number of pyridine rings is 1. The summed E-state index contributed by atoms with van der Waals surface area (Å²) in [5.41, 5.74) is 1.78. The Labute approximate surface area is 157 Å². The molecular formula is C18H19Cl2N3O2. The van der Waals surface area contributed by atoms with Gasteiger partial charge in [0.05, 0.1) is 13.2 Å². The van der Waals surface area contributed by atoms with Crippen LogP contribution in [0.25, 0.3) is 0 Å². The molecule has 2 aromatic rings. The van der Waals surface area contributed by atoms with Crippen molar-refractivity contribution in [1.29, 1.82) is 0 Å². The first-order chi connectivity index (χ1) is 12.1. The monoisotopic (exact) mass is 379 g/mol. The number of halogens is 2. The second-order valence-electron chi connectivity index (χ2n) is 5.73. The molecule has 1 aliphatic rings. The van der Waals surface area contributed by atoms with Gasteiger partial charge in [-0.15, -0.1) is 0 Å². The highest BCUT2D eigenvalue weighted by molar-refractivity contribution is 6.35. The molecule has 7 heteroatoms. The summed E-state index contributed by atoms with van der Waals surface area (Å²) in [6.07, 6.45) is 3.84. The van der Waals surface area contributed by atoms with Crippen molar-refractivity contribution in [2.45, 2.75) is 6.42 Å². The lowest BCUT2D eigenvalue weighted by atomic mass is 10.2. The number of nitrogens with zero attached hydrogens (tertiary/aromatic N) is 3. The van der Waals surface area contributed by atoms with Gasteiger partial charge in [-0.2, -0.15) is 0 Å². The summed E-state index contributed by atoms with van der Waals surface area (Å²) >= 11 is 12.3. The van der Waals surface area contributed by atoms with Gasteiger partial charge in [0.25, 0.3) is 0 Å². The van der Waals surface area contributed by atoms with Gasteiger partial charge in [0.15, 0.2) is 0 Å². The van der Waals surface area contributed by atoms with E-state index >= 15 is 0 Å². The average molecular weight is 380 g/mol. The fourth-order valence-electron chi connectivity index (χ4n) is 2.80. The third-order valence-corrected chi connectivity index (χ3v) is 4.48. The molecule has 1 amide bonds. The number of aromatic nitrogens is 1. The van der Waals surface area contributed by atoms with Gasteiger partial charge in [0.2, 0.25) is 5.91 Å². The number of ether oxygens (including phenoxy) is 1. The lowest BCUT2D eigenvalue weighted by Crippen LogP contribution is -2.41. The van der Waals surface area contributed by atoms with Crippen LogP contribution in [0.5, 0.6) is 0 Å². The van der Waals surface area contributed by atoms with Gasteiger partial charge in [0, 0.05) is 59.9 Å². The second kappa shape index (κ2) is 8.52. The molecule has 2 heterocycles. The van der Waals surface area contributed by atoms with Crippen LogP contribution < -0.4 is 4.90 Å². The number of hydrogen-bond donors (Lipinski definition) is 0. The maximum Gasteiger partial charge on any atom is 0.224 e. The maximum atomic E-state index is 12.5. The summed E-state index contributed by atoms with van der Waals surface area (Å²) in [4.78, 5) is 20.4. The molecule has 132 valence electrons. The van der Waals surface area contributed by atoms with Crippen molar-refractivity contribution in [2.24, 2.45) is 0 Å². The molecule has 1 aromatic carbocycles. The Morgan fingerprint density at radius 3 is 2.36 bits per heavy atom. The number of morpholine rings is 1. The molecule has 1 fully saturated rings. The Morgan fingerprint density at radius 1 is 1.08 bits per heavy atom. The van der Waals surface area contributed by atoms with E-state index in [1.54, 1.807) is 18.5 Å². The molecule has 0 spiro atoms. The number of carbonyl (C=O) groups excluding carboxylic acids is 1. The van der Waals surface area contributed by atoms with E-state index in [1.165, 1.54) is 0 Å². The van der Waals surface area contributed by atoms with Crippen molar-refractivity contribution in [3.05, 3.63) is 52.8 Å². The van der Waals surface area contributed by atoms with Crippen molar-refractivity contribution in [3.63, 3.8) is 0 Å². The van der Waals surface area contributed by atoms with E-state index in [1.807, 2.05) is 34.1 Å². The molecule has 3 rings (SSSR count). The van der Waals surface area contributed by atoms with Crippen molar-refractivity contribution < 1.29 is 9.53 Å². The minimum atomic E-state index is 0.121. The zero-order chi connectivity index (χ0) is 17.6. The highest BCUT2D eigenvalue weighted by Crippen LogP contribution is 2.30. The molecule has 0 unspecified atom stereocenters. The van der Waals surface area contributed by atoms with Gasteiger partial charge in [-0.1, -0.05) is 23.2 Å². The Balaban J connectivity index is 1.78. The van der Waals surface area contributed by atoms with Crippen molar-refractivity contribution in [3.8, 4) is 0 Å². The van der Waals surface area contributed by atoms with Gasteiger partial charge in [-0.3, -0.25) is 9.78 Å². The molecule has 25 heavy (non-hydrogen) atoms. The average Bonchev–Trinajstić information content (AvgIpc) is 2.62. The van der Waals surface area contributed by atoms with Crippen LogP contribution in [0.4, 0.5) is 11.4 Å². The largest absolute Gasteiger partial charge is 0.378 e. The zero-order valence-electron chi connectivity index (χ0n) is 13.7. The summed E-state index contributed by atoms with van der Waals surface area (Å²) in [5, 5.41) is 1.11. The molecule has 0 atom stereocenters. The van der Waals surface area contributed by atoms with E-state index in [9.17, 15) is 4.79 Å². The molecule has 0 aliphatic carbocycles. The topological polar surface area (TPSA) is 45.7 Å². The van der Waals surface area contributed by atoms with Crippen LogP contribution in [-0.2, 0) is 9.53 Å². The van der Waals surface area contributed by atoms with Crippen molar-refractivity contribution in [1.82, 2.24) is 9.88 Å². The first-order valence-corrected chi connectivity index (χ1v) is 8.88. The Kier molecular flexibility index (Phi) is 6.13. The molecule has 1 saturated heterocycles. The summed E-state index contributed by atoms with van der Waals surface area (Å²) in [6.45, 7) is 3.03. The van der Waals surface area contributed by atoms with Gasteiger partial charge in [-0.25, -0.2) is 0 Å². The SMILES string of the molecule is O=C(CCN(c1ccncc1)c1cc(Cl)cc(Cl)c1)N1CCOCC1. The van der Waals surface area contributed by atoms with Crippen LogP contribution in [-0.4, -0.2) is 48.6 Å². The number of benzene rings is 1. The van der Waals surface area contributed by atoms with Gasteiger partial charge >= 0.3 is 0 Å². The van der Waals surface area contributed by atoms with E-state index in [2.05, 4.69) is 4.98 Å². The van der Waals surface area contributed by atoms with E-state index in [0.29, 0.717) is 49.3 Å². The Bertz CT molecular complexity index is 701. The standard InChI is InChI=1S/C18H19Cl2N3O2/c19-14-11-15(20)13-17(12-14)23(16-1-4-21-5-2-16)6-3-18(24)22-7-9-25-10-8-22/h1-2,4-5,11-13H,3,6-10H2. The predicted octanol–water partition coefficient (Wildman–Crippen LogP) is 3.78. The summed E-state index contributed by atoms with van der Waals surface area (Å²) in [6, 6.07) is 9.17. The number of hydrogen-bond acceptors (Lipinski definition) is 4. The predicted molar refractivity (Wildman–Crippen MR) is 99.7 cm³/mol. The second-order valence-corrected chi connectivity index (χ2v) is 6.60. The van der Waals surface area contributed by atoms with Crippen LogP contribution in [0.2, 0.25) is 10.0 Å². The van der Waals surface area contributed by atoms with Gasteiger partial charge in [-0.05, 0) is 30.3 Å². The maximum absolute atomic E-state index is 12.5. The van der Waals surface area contributed by atoms with Crippen LogP contribution in [0.15, 0.2) is 42.7 Å². The highest BCUT2D eigenvalue weighted by atomic mass is 35.5. The molecule has 1 aliphatic heterocycles. The highest BCUT2D eigenvalue weighted by Gasteiger charge is 2.19. The lowest BCUT2D eigenvalue weighted by Gasteiger charge is -2.29. The van der Waals surface area contributed by atoms with Crippen LogP contribution in [0.3, 0.4) is 0 Å². The van der Waals surface area contributed by atoms with Crippen molar-refractivity contribution in [2.75, 3.05) is 37.7 Å². The van der Waals surface area contributed by atoms with Gasteiger partial charge in [0.1, 0.15) is 0 Å². The van der Waals surface area contributed by atoms with E-state index in [4.69, 9.17) is 27.9 Å². The van der Waals surface area contributed by atoms with E-state index in [-0.39, 0.29) is 5.91 Å². The fraction of sp³-hybridized carbons (Fsp3) is 0.333. The molecule has 0 bridgehead atoms. The lowest BCUT2D eigenvalue weighted by molar-refractivity contribution is -0.135.